The van der Waals surface area contributed by atoms with Gasteiger partial charge in [0, 0.05) is 5.02 Å². The minimum Gasteiger partial charge on any atom is -0.278 e. The van der Waals surface area contributed by atoms with Crippen LogP contribution in [0.5, 0.6) is 0 Å². The topological polar surface area (TPSA) is 24.4 Å². The van der Waals surface area contributed by atoms with Gasteiger partial charge in [0.05, 0.1) is 11.9 Å². The number of aryl methyl sites for hydroxylation is 1. The normalized spacial score (nSPS) is 10.7. The Morgan fingerprint density at radius 1 is 1.12 bits per heavy atom. The van der Waals surface area contributed by atoms with Gasteiger partial charge in [0.2, 0.25) is 0 Å². The van der Waals surface area contributed by atoms with Gasteiger partial charge in [-0.25, -0.2) is 0 Å². The molecule has 0 fully saturated rings. The Balaban J connectivity index is 2.05. The maximum Gasteiger partial charge on any atom is 0.0592 e. The van der Waals surface area contributed by atoms with Crippen molar-refractivity contribution < 1.29 is 0 Å². The van der Waals surface area contributed by atoms with Crippen molar-refractivity contribution in [1.29, 1.82) is 0 Å². The van der Waals surface area contributed by atoms with Crippen LogP contribution in [-0.2, 0) is 0 Å². The molecule has 0 saturated carbocycles. The first-order chi connectivity index (χ1) is 8.25. The van der Waals surface area contributed by atoms with E-state index in [1.165, 1.54) is 0 Å². The summed E-state index contributed by atoms with van der Waals surface area (Å²) < 4.78 is 0. The predicted molar refractivity (Wildman–Crippen MR) is 73.8 cm³/mol. The van der Waals surface area contributed by atoms with Crippen molar-refractivity contribution in [2.24, 2.45) is 5.10 Å². The first-order valence-electron chi connectivity index (χ1n) is 5.36. The van der Waals surface area contributed by atoms with E-state index < -0.39 is 0 Å². The van der Waals surface area contributed by atoms with Gasteiger partial charge >= 0.3 is 0 Å². The number of anilines is 1. The van der Waals surface area contributed by atoms with Crippen molar-refractivity contribution in [3.05, 3.63) is 64.7 Å². The summed E-state index contributed by atoms with van der Waals surface area (Å²) in [5, 5.41) is 4.92. The van der Waals surface area contributed by atoms with Crippen molar-refractivity contribution in [3.8, 4) is 0 Å². The van der Waals surface area contributed by atoms with E-state index in [0.29, 0.717) is 0 Å². The van der Waals surface area contributed by atoms with Crippen LogP contribution in [0.4, 0.5) is 5.69 Å². The SMILES string of the molecule is Cc1cc(Cl)ccc1NN=Cc1ccccc1. The predicted octanol–water partition coefficient (Wildman–Crippen LogP) is 4.09. The molecule has 2 aromatic carbocycles. The Bertz CT molecular complexity index is 521. The molecule has 0 unspecified atom stereocenters. The highest BCUT2D eigenvalue weighted by molar-refractivity contribution is 6.30. The van der Waals surface area contributed by atoms with E-state index in [0.717, 1.165) is 21.8 Å². The number of rotatable bonds is 3. The number of hydrogen-bond acceptors (Lipinski definition) is 2. The van der Waals surface area contributed by atoms with Crippen LogP contribution >= 0.6 is 11.6 Å². The lowest BCUT2D eigenvalue weighted by Gasteiger charge is -2.04. The zero-order valence-corrected chi connectivity index (χ0v) is 10.3. The van der Waals surface area contributed by atoms with Crippen LogP contribution in [0.2, 0.25) is 5.02 Å². The molecule has 0 atom stereocenters. The van der Waals surface area contributed by atoms with E-state index in [9.17, 15) is 0 Å². The summed E-state index contributed by atoms with van der Waals surface area (Å²) >= 11 is 5.88. The summed E-state index contributed by atoms with van der Waals surface area (Å²) in [7, 11) is 0. The van der Waals surface area contributed by atoms with Gasteiger partial charge in [-0.2, -0.15) is 5.10 Å². The first-order valence-corrected chi connectivity index (χ1v) is 5.74. The fraction of sp³-hybridized carbons (Fsp3) is 0.0714. The van der Waals surface area contributed by atoms with Crippen LogP contribution < -0.4 is 5.43 Å². The molecule has 1 N–H and O–H groups in total. The third-order valence-corrected chi connectivity index (χ3v) is 2.62. The molecular formula is C14H13ClN2. The Hall–Kier alpha value is -1.80. The molecule has 0 aliphatic rings. The molecule has 0 radical (unpaired) electrons. The molecule has 0 saturated heterocycles. The maximum atomic E-state index is 5.88. The van der Waals surface area contributed by atoms with Gasteiger partial charge in [-0.05, 0) is 36.2 Å². The summed E-state index contributed by atoms with van der Waals surface area (Å²) in [4.78, 5) is 0. The second-order valence-corrected chi connectivity index (χ2v) is 4.18. The largest absolute Gasteiger partial charge is 0.278 e. The molecule has 0 amide bonds. The minimum absolute atomic E-state index is 0.736. The quantitative estimate of drug-likeness (QED) is 0.638. The number of hydrogen-bond donors (Lipinski definition) is 1. The van der Waals surface area contributed by atoms with Crippen molar-refractivity contribution in [2.45, 2.75) is 6.92 Å². The monoisotopic (exact) mass is 244 g/mol. The van der Waals surface area contributed by atoms with Gasteiger partial charge in [-0.1, -0.05) is 41.9 Å². The van der Waals surface area contributed by atoms with E-state index in [1.54, 1.807) is 6.21 Å². The number of hydrazone groups is 1. The molecule has 2 aromatic rings. The van der Waals surface area contributed by atoms with Crippen LogP contribution in [0.25, 0.3) is 0 Å². The summed E-state index contributed by atoms with van der Waals surface area (Å²) in [5.41, 5.74) is 6.09. The van der Waals surface area contributed by atoms with Gasteiger partial charge in [0.1, 0.15) is 0 Å². The first kappa shape index (κ1) is 11.7. The van der Waals surface area contributed by atoms with E-state index in [1.807, 2.05) is 55.5 Å². The lowest BCUT2D eigenvalue weighted by molar-refractivity contribution is 1.31. The second-order valence-electron chi connectivity index (χ2n) is 3.74. The molecule has 0 spiro atoms. The lowest BCUT2D eigenvalue weighted by atomic mass is 10.2. The van der Waals surface area contributed by atoms with Crippen LogP contribution in [0, 0.1) is 6.92 Å². The summed E-state index contributed by atoms with van der Waals surface area (Å²) in [6.07, 6.45) is 1.79. The maximum absolute atomic E-state index is 5.88. The summed E-state index contributed by atoms with van der Waals surface area (Å²) in [6.45, 7) is 1.99. The average Bonchev–Trinajstić information content (AvgIpc) is 2.33. The average molecular weight is 245 g/mol. The fourth-order valence-electron chi connectivity index (χ4n) is 1.47. The molecule has 0 aliphatic carbocycles. The number of halogens is 1. The van der Waals surface area contributed by atoms with Gasteiger partial charge in [0.15, 0.2) is 0 Å². The smallest absolute Gasteiger partial charge is 0.0592 e. The molecule has 0 aromatic heterocycles. The molecule has 86 valence electrons. The van der Waals surface area contributed by atoms with E-state index >= 15 is 0 Å². The van der Waals surface area contributed by atoms with Crippen molar-refractivity contribution in [2.75, 3.05) is 5.43 Å². The Labute approximate surface area is 106 Å². The molecule has 0 bridgehead atoms. The van der Waals surface area contributed by atoms with Crippen LogP contribution in [-0.4, -0.2) is 6.21 Å². The third-order valence-electron chi connectivity index (χ3n) is 2.39. The molecule has 0 aliphatic heterocycles. The molecule has 17 heavy (non-hydrogen) atoms. The zero-order valence-electron chi connectivity index (χ0n) is 9.52. The number of nitrogens with zero attached hydrogens (tertiary/aromatic N) is 1. The fourth-order valence-corrected chi connectivity index (χ4v) is 1.69. The van der Waals surface area contributed by atoms with Crippen LogP contribution in [0.1, 0.15) is 11.1 Å². The van der Waals surface area contributed by atoms with Crippen LogP contribution in [0.15, 0.2) is 53.6 Å². The van der Waals surface area contributed by atoms with E-state index in [-0.39, 0.29) is 0 Å². The van der Waals surface area contributed by atoms with Crippen molar-refractivity contribution in [1.82, 2.24) is 0 Å². The Kier molecular flexibility index (Phi) is 3.78. The number of benzene rings is 2. The third kappa shape index (κ3) is 3.33. The highest BCUT2D eigenvalue weighted by atomic mass is 35.5. The summed E-state index contributed by atoms with van der Waals surface area (Å²) in [6, 6.07) is 15.6. The highest BCUT2D eigenvalue weighted by Gasteiger charge is 1.96. The van der Waals surface area contributed by atoms with Gasteiger partial charge in [-0.15, -0.1) is 0 Å². The minimum atomic E-state index is 0.736. The highest BCUT2D eigenvalue weighted by Crippen LogP contribution is 2.19. The van der Waals surface area contributed by atoms with Gasteiger partial charge in [0.25, 0.3) is 0 Å². The van der Waals surface area contributed by atoms with Crippen LogP contribution in [0.3, 0.4) is 0 Å². The molecular weight excluding hydrogens is 232 g/mol. The van der Waals surface area contributed by atoms with Crippen molar-refractivity contribution in [3.63, 3.8) is 0 Å². The van der Waals surface area contributed by atoms with Crippen molar-refractivity contribution >= 4 is 23.5 Å². The molecule has 2 nitrogen and oxygen atoms in total. The second kappa shape index (κ2) is 5.51. The van der Waals surface area contributed by atoms with Gasteiger partial charge < -0.3 is 0 Å². The lowest BCUT2D eigenvalue weighted by Crippen LogP contribution is -1.92. The Morgan fingerprint density at radius 2 is 1.88 bits per heavy atom. The zero-order chi connectivity index (χ0) is 12.1. The molecule has 0 heterocycles. The van der Waals surface area contributed by atoms with E-state index in [2.05, 4.69) is 10.5 Å². The molecule has 3 heteroatoms. The standard InChI is InChI=1S/C14H13ClN2/c1-11-9-13(15)7-8-14(11)17-16-10-12-5-3-2-4-6-12/h2-10,17H,1H3. The molecule has 2 rings (SSSR count). The number of nitrogens with one attached hydrogen (secondary N) is 1. The summed E-state index contributed by atoms with van der Waals surface area (Å²) in [5.74, 6) is 0. The van der Waals surface area contributed by atoms with E-state index in [4.69, 9.17) is 11.6 Å². The Morgan fingerprint density at radius 3 is 2.59 bits per heavy atom. The van der Waals surface area contributed by atoms with Gasteiger partial charge in [-0.3, -0.25) is 5.43 Å².